The number of fused-ring (bicyclic) bond motifs is 5. The van der Waals surface area contributed by atoms with Gasteiger partial charge < -0.3 is 15.1 Å². The van der Waals surface area contributed by atoms with Crippen molar-refractivity contribution in [2.45, 2.75) is 103 Å². The van der Waals surface area contributed by atoms with E-state index >= 15 is 0 Å². The van der Waals surface area contributed by atoms with E-state index in [-0.39, 0.29) is 29.1 Å². The first-order chi connectivity index (χ1) is 22.2. The van der Waals surface area contributed by atoms with E-state index in [0.29, 0.717) is 47.8 Å². The SMILES string of the molecule is C[C@@H](CCC(=O)N1CCN(C(c2ccccc2)c2ccccc2)CC1)[C@@H]1CC[C@@H]2[C@H]3[C@H](O)C[C@H]4C[C@@H](O)CC[C@@]4(C)[C@@H]3CC[C@]21C. The van der Waals surface area contributed by atoms with Crippen molar-refractivity contribution in [2.75, 3.05) is 26.2 Å². The van der Waals surface area contributed by atoms with Gasteiger partial charge in [0.15, 0.2) is 0 Å². The first kappa shape index (κ1) is 32.3. The van der Waals surface area contributed by atoms with Gasteiger partial charge in [-0.3, -0.25) is 9.69 Å². The number of aliphatic hydroxyl groups is 2. The zero-order chi connectivity index (χ0) is 32.1. The minimum Gasteiger partial charge on any atom is -0.393 e. The Hall–Kier alpha value is -2.21. The summed E-state index contributed by atoms with van der Waals surface area (Å²) in [7, 11) is 0. The van der Waals surface area contributed by atoms with Gasteiger partial charge in [-0.1, -0.05) is 81.4 Å². The number of carbonyl (C=O) groups is 1. The van der Waals surface area contributed by atoms with Gasteiger partial charge in [-0.2, -0.15) is 0 Å². The predicted octanol–water partition coefficient (Wildman–Crippen LogP) is 7.33. The zero-order valence-electron chi connectivity index (χ0n) is 28.6. The van der Waals surface area contributed by atoms with E-state index in [2.05, 4.69) is 91.2 Å². The summed E-state index contributed by atoms with van der Waals surface area (Å²) in [5.74, 6) is 3.52. The third-order valence-corrected chi connectivity index (χ3v) is 14.5. The lowest BCUT2D eigenvalue weighted by atomic mass is 9.43. The van der Waals surface area contributed by atoms with Gasteiger partial charge >= 0.3 is 0 Å². The van der Waals surface area contributed by atoms with Crippen molar-refractivity contribution < 1.29 is 15.0 Å². The van der Waals surface area contributed by atoms with Gasteiger partial charge in [0.1, 0.15) is 0 Å². The van der Waals surface area contributed by atoms with Crippen molar-refractivity contribution in [2.24, 2.45) is 46.3 Å². The molecule has 4 saturated carbocycles. The molecule has 0 aromatic heterocycles. The van der Waals surface area contributed by atoms with E-state index in [1.54, 1.807) is 0 Å². The molecule has 0 bridgehead atoms. The number of hydrogen-bond donors (Lipinski definition) is 2. The third-order valence-electron chi connectivity index (χ3n) is 14.5. The van der Waals surface area contributed by atoms with Crippen LogP contribution in [0.4, 0.5) is 0 Å². The topological polar surface area (TPSA) is 64.0 Å². The molecule has 46 heavy (non-hydrogen) atoms. The average Bonchev–Trinajstić information content (AvgIpc) is 3.43. The summed E-state index contributed by atoms with van der Waals surface area (Å²) in [6.07, 6.45) is 9.95. The molecule has 5 aliphatic rings. The van der Waals surface area contributed by atoms with Gasteiger partial charge in [0, 0.05) is 32.6 Å². The molecule has 5 fully saturated rings. The Balaban J connectivity index is 0.952. The van der Waals surface area contributed by atoms with Gasteiger partial charge in [-0.05, 0) is 115 Å². The Bertz CT molecular complexity index is 1290. The average molecular weight is 627 g/mol. The lowest BCUT2D eigenvalue weighted by Gasteiger charge is -2.62. The highest BCUT2D eigenvalue weighted by Gasteiger charge is 2.62. The summed E-state index contributed by atoms with van der Waals surface area (Å²) >= 11 is 0. The Morgan fingerprint density at radius 3 is 2.07 bits per heavy atom. The number of piperazine rings is 1. The maximum atomic E-state index is 13.6. The number of aliphatic hydroxyl groups excluding tert-OH is 2. The van der Waals surface area contributed by atoms with Crippen molar-refractivity contribution in [1.29, 1.82) is 0 Å². The zero-order valence-corrected chi connectivity index (χ0v) is 28.6. The molecular weight excluding hydrogens is 568 g/mol. The Morgan fingerprint density at radius 1 is 0.804 bits per heavy atom. The summed E-state index contributed by atoms with van der Waals surface area (Å²) < 4.78 is 0. The molecule has 0 radical (unpaired) electrons. The Kier molecular flexibility index (Phi) is 9.15. The first-order valence-corrected chi connectivity index (χ1v) is 18.7. The number of hydrogen-bond acceptors (Lipinski definition) is 4. The van der Waals surface area contributed by atoms with Crippen molar-refractivity contribution in [3.05, 3.63) is 71.8 Å². The lowest BCUT2D eigenvalue weighted by molar-refractivity contribution is -0.174. The normalized spacial score (nSPS) is 38.6. The predicted molar refractivity (Wildman–Crippen MR) is 184 cm³/mol. The van der Waals surface area contributed by atoms with Gasteiger partial charge in [0.2, 0.25) is 5.91 Å². The molecular formula is C41H58N2O3. The summed E-state index contributed by atoms with van der Waals surface area (Å²) in [6.45, 7) is 10.8. The van der Waals surface area contributed by atoms with Crippen LogP contribution in [0.3, 0.4) is 0 Å². The highest BCUT2D eigenvalue weighted by molar-refractivity contribution is 5.76. The maximum absolute atomic E-state index is 13.6. The van der Waals surface area contributed by atoms with Crippen LogP contribution in [0.1, 0.15) is 102 Å². The molecule has 2 aromatic rings. The fraction of sp³-hybridized carbons (Fsp3) is 0.683. The second kappa shape index (κ2) is 13.0. The van der Waals surface area contributed by atoms with Crippen molar-refractivity contribution in [3.8, 4) is 0 Å². The number of nitrogens with zero attached hydrogens (tertiary/aromatic N) is 2. The molecule has 1 aliphatic heterocycles. The molecule has 1 saturated heterocycles. The van der Waals surface area contributed by atoms with E-state index in [0.717, 1.165) is 58.3 Å². The highest BCUT2D eigenvalue weighted by Crippen LogP contribution is 2.68. The third kappa shape index (κ3) is 5.77. The molecule has 250 valence electrons. The van der Waals surface area contributed by atoms with Crippen LogP contribution in [0.25, 0.3) is 0 Å². The van der Waals surface area contributed by atoms with Crippen LogP contribution < -0.4 is 0 Å². The fourth-order valence-corrected chi connectivity index (χ4v) is 12.0. The molecule has 10 atom stereocenters. The highest BCUT2D eigenvalue weighted by atomic mass is 16.3. The summed E-state index contributed by atoms with van der Waals surface area (Å²) in [5, 5.41) is 22.0. The molecule has 2 aromatic carbocycles. The lowest BCUT2D eigenvalue weighted by Crippen LogP contribution is -2.58. The second-order valence-corrected chi connectivity index (χ2v) is 16.6. The van der Waals surface area contributed by atoms with E-state index in [4.69, 9.17) is 0 Å². The standard InChI is InChI=1S/C41H58N2O3/c1-28(33-15-16-34-38-35(19-21-41(33,34)3)40(2)20-18-32(44)26-31(40)27-36(38)45)14-17-37(46)42-22-24-43(25-23-42)39(29-10-6-4-7-11-29)30-12-8-5-9-13-30/h4-13,28,31-36,38-39,44-45H,14-27H2,1-3H3/t28-,31+,32-,33-,34+,35+,36+,38+,40+,41-/m0/s1. The Labute approximate surface area is 277 Å². The minimum absolute atomic E-state index is 0.181. The van der Waals surface area contributed by atoms with E-state index < -0.39 is 0 Å². The molecule has 1 heterocycles. The largest absolute Gasteiger partial charge is 0.393 e. The fourth-order valence-electron chi connectivity index (χ4n) is 12.0. The van der Waals surface area contributed by atoms with Crippen LogP contribution in [0.2, 0.25) is 0 Å². The van der Waals surface area contributed by atoms with Gasteiger partial charge in [0.05, 0.1) is 18.2 Å². The van der Waals surface area contributed by atoms with Crippen molar-refractivity contribution in [1.82, 2.24) is 9.80 Å². The molecule has 5 nitrogen and oxygen atoms in total. The number of carbonyl (C=O) groups excluding carboxylic acids is 1. The van der Waals surface area contributed by atoms with Crippen molar-refractivity contribution >= 4 is 5.91 Å². The van der Waals surface area contributed by atoms with Crippen LogP contribution in [-0.4, -0.2) is 64.3 Å². The molecule has 0 spiro atoms. The van der Waals surface area contributed by atoms with Gasteiger partial charge in [-0.25, -0.2) is 0 Å². The monoisotopic (exact) mass is 626 g/mol. The summed E-state index contributed by atoms with van der Waals surface area (Å²) in [4.78, 5) is 18.2. The minimum atomic E-state index is -0.226. The number of rotatable bonds is 7. The molecule has 0 unspecified atom stereocenters. The van der Waals surface area contributed by atoms with Gasteiger partial charge in [0.25, 0.3) is 0 Å². The van der Waals surface area contributed by atoms with Crippen LogP contribution in [-0.2, 0) is 4.79 Å². The molecule has 5 heteroatoms. The van der Waals surface area contributed by atoms with E-state index in [9.17, 15) is 15.0 Å². The van der Waals surface area contributed by atoms with E-state index in [1.807, 2.05) is 0 Å². The van der Waals surface area contributed by atoms with Crippen LogP contribution in [0.5, 0.6) is 0 Å². The summed E-state index contributed by atoms with van der Waals surface area (Å²) in [5.41, 5.74) is 3.16. The molecule has 1 amide bonds. The smallest absolute Gasteiger partial charge is 0.222 e. The first-order valence-electron chi connectivity index (χ1n) is 18.7. The van der Waals surface area contributed by atoms with Gasteiger partial charge in [-0.15, -0.1) is 0 Å². The van der Waals surface area contributed by atoms with Crippen LogP contribution in [0.15, 0.2) is 60.7 Å². The number of benzene rings is 2. The molecule has 4 aliphatic carbocycles. The summed E-state index contributed by atoms with van der Waals surface area (Å²) in [6, 6.07) is 21.8. The van der Waals surface area contributed by atoms with Crippen LogP contribution >= 0.6 is 0 Å². The number of amides is 1. The van der Waals surface area contributed by atoms with Crippen molar-refractivity contribution in [3.63, 3.8) is 0 Å². The molecule has 7 rings (SSSR count). The quantitative estimate of drug-likeness (QED) is 0.338. The Morgan fingerprint density at radius 2 is 1.41 bits per heavy atom. The van der Waals surface area contributed by atoms with E-state index in [1.165, 1.54) is 36.8 Å². The molecule has 2 N–H and O–H groups in total. The maximum Gasteiger partial charge on any atom is 0.222 e. The second-order valence-electron chi connectivity index (χ2n) is 16.6. The van der Waals surface area contributed by atoms with Crippen LogP contribution in [0, 0.1) is 46.3 Å².